The third kappa shape index (κ3) is 3.58. The van der Waals surface area contributed by atoms with Crippen molar-refractivity contribution in [2.75, 3.05) is 0 Å². The predicted octanol–water partition coefficient (Wildman–Crippen LogP) is 6.65. The smallest absolute Gasteiger partial charge is 0.414 e. The van der Waals surface area contributed by atoms with E-state index in [2.05, 4.69) is 90.3 Å². The standard InChI is InChI=1S/C33H30N6.Pt/c1-31(2)25-13-7-15-27(36-25)38-19-23(21-11-9-17-34-29(21)38)32(3,4)33(5,6)24-20-39(28-16-8-14-26(31)37-28)30-22(24)12-10-18-35-30;/h7-18H,1-6H3;/q-2;+2. The van der Waals surface area contributed by atoms with Crippen molar-refractivity contribution in [2.45, 2.75) is 57.8 Å². The molecule has 0 fully saturated rings. The van der Waals surface area contributed by atoms with Crippen molar-refractivity contribution >= 4 is 22.1 Å². The van der Waals surface area contributed by atoms with E-state index in [0.29, 0.717) is 0 Å². The molecule has 0 aliphatic carbocycles. The second kappa shape index (κ2) is 8.94. The average molecular weight is 706 g/mol. The SMILES string of the molecule is CC1(C)c2cccc(n2)-n2[c-]c(c3cccnc32)C(C)(C)C(C)(C)c2[c-]n(c3ncccc23)-c2cccc1n2.[Pt+2]. The van der Waals surface area contributed by atoms with Crippen molar-refractivity contribution in [2.24, 2.45) is 0 Å². The minimum Gasteiger partial charge on any atom is -0.414 e. The van der Waals surface area contributed by atoms with Crippen LogP contribution in [0.1, 0.15) is 64.1 Å². The number of hydrogen-bond donors (Lipinski definition) is 0. The van der Waals surface area contributed by atoms with Crippen molar-refractivity contribution in [3.05, 3.63) is 108 Å². The minimum atomic E-state index is -0.455. The number of rotatable bonds is 0. The first-order valence-electron chi connectivity index (χ1n) is 13.3. The summed E-state index contributed by atoms with van der Waals surface area (Å²) in [6.45, 7) is 13.5. The van der Waals surface area contributed by atoms with E-state index in [-0.39, 0.29) is 31.9 Å². The molecule has 6 aromatic heterocycles. The topological polar surface area (TPSA) is 61.4 Å². The maximum absolute atomic E-state index is 5.16. The molecular formula is C33H30N6Pt. The monoisotopic (exact) mass is 705 g/mol. The average Bonchev–Trinajstić information content (AvgIpc) is 3.53. The van der Waals surface area contributed by atoms with Crippen LogP contribution in [0.25, 0.3) is 33.7 Å². The summed E-state index contributed by atoms with van der Waals surface area (Å²) in [6.07, 6.45) is 11.1. The van der Waals surface area contributed by atoms with Gasteiger partial charge in [-0.05, 0) is 36.8 Å². The van der Waals surface area contributed by atoms with E-state index in [1.807, 2.05) is 45.8 Å². The summed E-state index contributed by atoms with van der Waals surface area (Å²) in [6, 6.07) is 20.6. The quantitative estimate of drug-likeness (QED) is 0.166. The van der Waals surface area contributed by atoms with Crippen molar-refractivity contribution in [3.63, 3.8) is 0 Å². The van der Waals surface area contributed by atoms with E-state index >= 15 is 0 Å². The molecule has 40 heavy (non-hydrogen) atoms. The Kier molecular flexibility index (Phi) is 5.94. The van der Waals surface area contributed by atoms with Gasteiger partial charge in [-0.1, -0.05) is 87.3 Å². The first kappa shape index (κ1) is 26.6. The Morgan fingerprint density at radius 3 is 1.43 bits per heavy atom. The summed E-state index contributed by atoms with van der Waals surface area (Å²) in [7, 11) is 0. The van der Waals surface area contributed by atoms with Crippen LogP contribution in [0.15, 0.2) is 73.1 Å². The molecule has 1 aliphatic heterocycles. The molecule has 8 bridgehead atoms. The Hall–Kier alpha value is -3.63. The molecule has 6 nitrogen and oxygen atoms in total. The van der Waals surface area contributed by atoms with Crippen LogP contribution in [0.3, 0.4) is 0 Å². The Balaban J connectivity index is 0.00000289. The van der Waals surface area contributed by atoms with Gasteiger partial charge >= 0.3 is 21.1 Å². The predicted molar refractivity (Wildman–Crippen MR) is 154 cm³/mol. The van der Waals surface area contributed by atoms with Gasteiger partial charge in [-0.3, -0.25) is 19.9 Å². The van der Waals surface area contributed by atoms with E-state index < -0.39 is 5.41 Å². The van der Waals surface area contributed by atoms with Gasteiger partial charge in [0, 0.05) is 40.5 Å². The van der Waals surface area contributed by atoms with Gasteiger partial charge in [-0.15, -0.1) is 23.3 Å². The third-order valence-electron chi connectivity index (χ3n) is 9.00. The van der Waals surface area contributed by atoms with Gasteiger partial charge in [-0.2, -0.15) is 0 Å². The molecule has 0 N–H and O–H groups in total. The first-order valence-corrected chi connectivity index (χ1v) is 13.3. The van der Waals surface area contributed by atoms with E-state index in [9.17, 15) is 0 Å². The fraction of sp³-hybridized carbons (Fsp3) is 0.273. The molecule has 7 rings (SSSR count). The Morgan fingerprint density at radius 2 is 1.00 bits per heavy atom. The fourth-order valence-electron chi connectivity index (χ4n) is 5.82. The van der Waals surface area contributed by atoms with Crippen molar-refractivity contribution in [1.82, 2.24) is 29.1 Å². The summed E-state index contributed by atoms with van der Waals surface area (Å²) in [5, 5.41) is 2.14. The van der Waals surface area contributed by atoms with Gasteiger partial charge in [0.1, 0.15) is 0 Å². The van der Waals surface area contributed by atoms with Crippen LogP contribution in [0.5, 0.6) is 0 Å². The molecule has 0 aromatic carbocycles. The maximum atomic E-state index is 5.16. The molecule has 7 heteroatoms. The maximum Gasteiger partial charge on any atom is 2.00 e. The van der Waals surface area contributed by atoms with Crippen LogP contribution in [-0.2, 0) is 37.3 Å². The Labute approximate surface area is 248 Å². The number of aromatic nitrogens is 6. The van der Waals surface area contributed by atoms with Crippen LogP contribution in [0, 0.1) is 12.4 Å². The molecule has 0 saturated heterocycles. The summed E-state index contributed by atoms with van der Waals surface area (Å²) in [5.74, 6) is 1.58. The summed E-state index contributed by atoms with van der Waals surface area (Å²) in [4.78, 5) is 19.9. The molecule has 1 aliphatic rings. The molecule has 202 valence electrons. The molecule has 0 radical (unpaired) electrons. The minimum absolute atomic E-state index is 0. The first-order chi connectivity index (χ1) is 18.6. The zero-order valence-corrected chi connectivity index (χ0v) is 25.7. The molecule has 0 unspecified atom stereocenters. The third-order valence-corrected chi connectivity index (χ3v) is 9.00. The van der Waals surface area contributed by atoms with Crippen molar-refractivity contribution < 1.29 is 21.1 Å². The summed E-state index contributed by atoms with van der Waals surface area (Å²) in [5.41, 5.74) is 4.54. The number of fused-ring (bicyclic) bond motifs is 16. The van der Waals surface area contributed by atoms with E-state index in [0.717, 1.165) is 56.2 Å². The van der Waals surface area contributed by atoms with Crippen LogP contribution in [0.2, 0.25) is 0 Å². The van der Waals surface area contributed by atoms with Gasteiger partial charge in [0.2, 0.25) is 0 Å². The van der Waals surface area contributed by atoms with Crippen molar-refractivity contribution in [3.8, 4) is 11.6 Å². The number of nitrogens with zero attached hydrogens (tertiary/aromatic N) is 6. The molecule has 0 amide bonds. The second-order valence-electron chi connectivity index (χ2n) is 12.0. The molecular weight excluding hydrogens is 675 g/mol. The van der Waals surface area contributed by atoms with Gasteiger partial charge in [0.05, 0.1) is 11.6 Å². The van der Waals surface area contributed by atoms with Gasteiger partial charge in [-0.25, -0.2) is 0 Å². The summed E-state index contributed by atoms with van der Waals surface area (Å²) < 4.78 is 4.03. The number of pyridine rings is 4. The van der Waals surface area contributed by atoms with Gasteiger partial charge in [0.25, 0.3) is 0 Å². The molecule has 7 heterocycles. The zero-order valence-electron chi connectivity index (χ0n) is 23.4. The zero-order chi connectivity index (χ0) is 27.2. The summed E-state index contributed by atoms with van der Waals surface area (Å²) >= 11 is 0. The van der Waals surface area contributed by atoms with Crippen LogP contribution < -0.4 is 0 Å². The van der Waals surface area contributed by atoms with Gasteiger partial charge in [0.15, 0.2) is 0 Å². The van der Waals surface area contributed by atoms with Crippen LogP contribution in [-0.4, -0.2) is 29.1 Å². The van der Waals surface area contributed by atoms with E-state index in [1.54, 1.807) is 0 Å². The van der Waals surface area contributed by atoms with E-state index in [4.69, 9.17) is 19.9 Å². The Morgan fingerprint density at radius 1 is 0.575 bits per heavy atom. The molecule has 6 aromatic rings. The number of hydrogen-bond acceptors (Lipinski definition) is 4. The molecule has 0 atom stereocenters. The largest absolute Gasteiger partial charge is 2.00 e. The van der Waals surface area contributed by atoms with Gasteiger partial charge < -0.3 is 9.13 Å². The molecule has 0 saturated carbocycles. The molecule has 0 spiro atoms. The fourth-order valence-corrected chi connectivity index (χ4v) is 5.82. The van der Waals surface area contributed by atoms with E-state index in [1.165, 1.54) is 0 Å². The Bertz CT molecular complexity index is 1770. The normalized spacial score (nSPS) is 16.6. The van der Waals surface area contributed by atoms with Crippen LogP contribution >= 0.6 is 0 Å². The second-order valence-corrected chi connectivity index (χ2v) is 12.0. The van der Waals surface area contributed by atoms with Crippen LogP contribution in [0.4, 0.5) is 0 Å². The van der Waals surface area contributed by atoms with Crippen molar-refractivity contribution in [1.29, 1.82) is 0 Å².